The molecule has 3 nitrogen and oxygen atoms in total. The van der Waals surface area contributed by atoms with E-state index in [2.05, 4.69) is 6.07 Å². The van der Waals surface area contributed by atoms with Gasteiger partial charge in [-0.1, -0.05) is 18.2 Å². The molecule has 0 aliphatic heterocycles. The quantitative estimate of drug-likeness (QED) is 0.935. The van der Waals surface area contributed by atoms with Gasteiger partial charge in [-0.15, -0.1) is 0 Å². The highest BCUT2D eigenvalue weighted by Gasteiger charge is 2.18. The second-order valence-corrected chi connectivity index (χ2v) is 5.37. The van der Waals surface area contributed by atoms with E-state index in [0.29, 0.717) is 12.2 Å². The lowest BCUT2D eigenvalue weighted by Crippen LogP contribution is -2.09. The molecule has 21 heavy (non-hydrogen) atoms. The standard InChI is InChI=1S/C18H17NO2/c19-11-13-4-6-14(7-5-13)12-21-16-9-8-15-2-1-3-18(20)17(15)10-16/h4-10,18,20H,1-3,12H2/t18-/m1/s1. The van der Waals surface area contributed by atoms with Gasteiger partial charge in [0.05, 0.1) is 17.7 Å². The van der Waals surface area contributed by atoms with Gasteiger partial charge in [-0.05, 0) is 60.2 Å². The number of nitriles is 1. The van der Waals surface area contributed by atoms with E-state index in [9.17, 15) is 5.11 Å². The number of hydrogen-bond acceptors (Lipinski definition) is 3. The topological polar surface area (TPSA) is 53.2 Å². The Labute approximate surface area is 124 Å². The van der Waals surface area contributed by atoms with Crippen LogP contribution in [0.4, 0.5) is 0 Å². The molecule has 1 N–H and O–H groups in total. The first-order valence-electron chi connectivity index (χ1n) is 7.19. The summed E-state index contributed by atoms with van der Waals surface area (Å²) < 4.78 is 5.79. The molecule has 2 aromatic rings. The summed E-state index contributed by atoms with van der Waals surface area (Å²) in [5.74, 6) is 0.777. The molecule has 0 bridgehead atoms. The molecular formula is C18H17NO2. The van der Waals surface area contributed by atoms with Gasteiger partial charge in [0, 0.05) is 0 Å². The van der Waals surface area contributed by atoms with Gasteiger partial charge in [0.25, 0.3) is 0 Å². The maximum Gasteiger partial charge on any atom is 0.120 e. The van der Waals surface area contributed by atoms with Crippen LogP contribution in [0.3, 0.4) is 0 Å². The maximum atomic E-state index is 10.0. The zero-order valence-corrected chi connectivity index (χ0v) is 11.7. The number of aliphatic hydroxyl groups excluding tert-OH is 1. The van der Waals surface area contributed by atoms with Crippen molar-refractivity contribution in [3.8, 4) is 11.8 Å². The molecule has 3 rings (SSSR count). The van der Waals surface area contributed by atoms with E-state index in [1.54, 1.807) is 12.1 Å². The Morgan fingerprint density at radius 2 is 2.00 bits per heavy atom. The molecule has 0 unspecified atom stereocenters. The Balaban J connectivity index is 1.70. The highest BCUT2D eigenvalue weighted by atomic mass is 16.5. The number of ether oxygens (including phenoxy) is 1. The van der Waals surface area contributed by atoms with E-state index in [1.807, 2.05) is 30.3 Å². The number of aliphatic hydroxyl groups is 1. The van der Waals surface area contributed by atoms with Crippen LogP contribution in [0, 0.1) is 11.3 Å². The summed E-state index contributed by atoms with van der Waals surface area (Å²) in [6.45, 7) is 0.459. The molecule has 0 amide bonds. The lowest BCUT2D eigenvalue weighted by atomic mass is 9.89. The van der Waals surface area contributed by atoms with Crippen LogP contribution < -0.4 is 4.74 Å². The molecule has 0 heterocycles. The van der Waals surface area contributed by atoms with Crippen molar-refractivity contribution in [2.24, 2.45) is 0 Å². The smallest absolute Gasteiger partial charge is 0.120 e. The lowest BCUT2D eigenvalue weighted by Gasteiger charge is -2.22. The van der Waals surface area contributed by atoms with Crippen LogP contribution in [-0.2, 0) is 13.0 Å². The summed E-state index contributed by atoms with van der Waals surface area (Å²) in [5.41, 5.74) is 3.89. The van der Waals surface area contributed by atoms with E-state index < -0.39 is 0 Å². The van der Waals surface area contributed by atoms with Crippen LogP contribution in [0.15, 0.2) is 42.5 Å². The largest absolute Gasteiger partial charge is 0.489 e. The van der Waals surface area contributed by atoms with Crippen LogP contribution in [-0.4, -0.2) is 5.11 Å². The Hall–Kier alpha value is -2.31. The lowest BCUT2D eigenvalue weighted by molar-refractivity contribution is 0.156. The Morgan fingerprint density at radius 1 is 1.19 bits per heavy atom. The van der Waals surface area contributed by atoms with Gasteiger partial charge in [-0.3, -0.25) is 0 Å². The second-order valence-electron chi connectivity index (χ2n) is 5.37. The van der Waals surface area contributed by atoms with E-state index in [4.69, 9.17) is 10.00 Å². The third-order valence-corrected chi connectivity index (χ3v) is 3.89. The summed E-state index contributed by atoms with van der Waals surface area (Å²) in [6.07, 6.45) is 2.53. The predicted molar refractivity (Wildman–Crippen MR) is 79.8 cm³/mol. The Kier molecular flexibility index (Phi) is 3.89. The monoisotopic (exact) mass is 279 g/mol. The minimum absolute atomic E-state index is 0.368. The van der Waals surface area contributed by atoms with Crippen LogP contribution >= 0.6 is 0 Å². The Morgan fingerprint density at radius 3 is 2.76 bits per heavy atom. The van der Waals surface area contributed by atoms with E-state index in [1.165, 1.54) is 5.56 Å². The summed E-state index contributed by atoms with van der Waals surface area (Å²) in [6, 6.07) is 15.4. The van der Waals surface area contributed by atoms with Crippen LogP contribution in [0.2, 0.25) is 0 Å². The summed E-state index contributed by atoms with van der Waals surface area (Å²) in [5, 5.41) is 18.8. The first-order valence-corrected chi connectivity index (χ1v) is 7.19. The maximum absolute atomic E-state index is 10.0. The zero-order chi connectivity index (χ0) is 14.7. The average molecular weight is 279 g/mol. The van der Waals surface area contributed by atoms with Crippen molar-refractivity contribution in [1.82, 2.24) is 0 Å². The number of benzene rings is 2. The molecule has 1 atom stereocenters. The molecule has 0 saturated heterocycles. The Bertz CT molecular complexity index is 671. The molecule has 2 aromatic carbocycles. The molecule has 0 spiro atoms. The fourth-order valence-corrected chi connectivity index (χ4v) is 2.68. The molecular weight excluding hydrogens is 262 g/mol. The normalized spacial score (nSPS) is 16.9. The van der Waals surface area contributed by atoms with Crippen molar-refractivity contribution >= 4 is 0 Å². The highest BCUT2D eigenvalue weighted by Crippen LogP contribution is 2.32. The van der Waals surface area contributed by atoms with Crippen molar-refractivity contribution in [3.05, 3.63) is 64.7 Å². The zero-order valence-electron chi connectivity index (χ0n) is 11.7. The molecule has 1 aliphatic carbocycles. The van der Waals surface area contributed by atoms with E-state index in [0.717, 1.165) is 36.1 Å². The van der Waals surface area contributed by atoms with Gasteiger partial charge in [-0.2, -0.15) is 5.26 Å². The summed E-state index contributed by atoms with van der Waals surface area (Å²) in [7, 11) is 0. The second kappa shape index (κ2) is 5.99. The average Bonchev–Trinajstić information content (AvgIpc) is 2.54. The predicted octanol–water partition coefficient (Wildman–Crippen LogP) is 3.51. The van der Waals surface area contributed by atoms with Gasteiger partial charge in [0.15, 0.2) is 0 Å². The first kappa shape index (κ1) is 13.7. The minimum atomic E-state index is -0.368. The van der Waals surface area contributed by atoms with Crippen LogP contribution in [0.1, 0.15) is 41.2 Å². The molecule has 106 valence electrons. The van der Waals surface area contributed by atoms with Crippen molar-refractivity contribution in [2.45, 2.75) is 32.0 Å². The number of hydrogen-bond donors (Lipinski definition) is 1. The van der Waals surface area contributed by atoms with Crippen LogP contribution in [0.5, 0.6) is 5.75 Å². The van der Waals surface area contributed by atoms with Crippen LogP contribution in [0.25, 0.3) is 0 Å². The number of rotatable bonds is 3. The third-order valence-electron chi connectivity index (χ3n) is 3.89. The number of aryl methyl sites for hydroxylation is 1. The van der Waals surface area contributed by atoms with Gasteiger partial charge < -0.3 is 9.84 Å². The third kappa shape index (κ3) is 3.07. The molecule has 0 aromatic heterocycles. The summed E-state index contributed by atoms with van der Waals surface area (Å²) in [4.78, 5) is 0. The van der Waals surface area contributed by atoms with Gasteiger partial charge in [0.2, 0.25) is 0 Å². The van der Waals surface area contributed by atoms with E-state index >= 15 is 0 Å². The van der Waals surface area contributed by atoms with E-state index in [-0.39, 0.29) is 6.10 Å². The molecule has 1 aliphatic rings. The number of nitrogens with zero attached hydrogens (tertiary/aromatic N) is 1. The molecule has 0 fully saturated rings. The number of fused-ring (bicyclic) bond motifs is 1. The fraction of sp³-hybridized carbons (Fsp3) is 0.278. The molecule has 0 saturated carbocycles. The first-order chi connectivity index (χ1) is 10.3. The SMILES string of the molecule is N#Cc1ccc(COc2ccc3c(c2)[C@H](O)CCC3)cc1. The van der Waals surface area contributed by atoms with Crippen molar-refractivity contribution in [3.63, 3.8) is 0 Å². The van der Waals surface area contributed by atoms with Crippen molar-refractivity contribution in [1.29, 1.82) is 5.26 Å². The van der Waals surface area contributed by atoms with Crippen molar-refractivity contribution in [2.75, 3.05) is 0 Å². The molecule has 0 radical (unpaired) electrons. The van der Waals surface area contributed by atoms with Gasteiger partial charge >= 0.3 is 0 Å². The molecule has 3 heteroatoms. The van der Waals surface area contributed by atoms with Gasteiger partial charge in [-0.25, -0.2) is 0 Å². The van der Waals surface area contributed by atoms with Crippen molar-refractivity contribution < 1.29 is 9.84 Å². The minimum Gasteiger partial charge on any atom is -0.489 e. The highest BCUT2D eigenvalue weighted by molar-refractivity contribution is 5.39. The fourth-order valence-electron chi connectivity index (χ4n) is 2.68. The van der Waals surface area contributed by atoms with Gasteiger partial charge in [0.1, 0.15) is 12.4 Å². The summed E-state index contributed by atoms with van der Waals surface area (Å²) >= 11 is 0.